The van der Waals surface area contributed by atoms with Crippen molar-refractivity contribution in [2.45, 2.75) is 19.8 Å². The smallest absolute Gasteiger partial charge is 0.144 e. The third kappa shape index (κ3) is 3.43. The lowest BCUT2D eigenvalue weighted by Gasteiger charge is -2.15. The third-order valence-electron chi connectivity index (χ3n) is 5.89. The van der Waals surface area contributed by atoms with Gasteiger partial charge in [-0.05, 0) is 54.4 Å². The maximum absolute atomic E-state index is 13.4. The van der Waals surface area contributed by atoms with Gasteiger partial charge in [-0.3, -0.25) is 0 Å². The molecule has 0 aliphatic carbocycles. The number of nitrogens with zero attached hydrogens (tertiary/aromatic N) is 4. The van der Waals surface area contributed by atoms with Crippen LogP contribution in [0.1, 0.15) is 29.7 Å². The van der Waals surface area contributed by atoms with E-state index in [4.69, 9.17) is 4.74 Å². The van der Waals surface area contributed by atoms with Crippen LogP contribution < -0.4 is 4.74 Å². The third-order valence-corrected chi connectivity index (χ3v) is 5.89. The summed E-state index contributed by atoms with van der Waals surface area (Å²) >= 11 is 0. The number of imidazole rings is 1. The van der Waals surface area contributed by atoms with Crippen molar-refractivity contribution in [1.82, 2.24) is 19.1 Å². The summed E-state index contributed by atoms with van der Waals surface area (Å²) in [5, 5.41) is 1.07. The molecule has 6 heteroatoms. The average molecular weight is 426 g/mol. The van der Waals surface area contributed by atoms with Gasteiger partial charge >= 0.3 is 0 Å². The average Bonchev–Trinajstić information content (AvgIpc) is 3.45. The highest BCUT2D eigenvalue weighted by molar-refractivity contribution is 5.83. The lowest BCUT2D eigenvalue weighted by atomic mass is 9.92. The fraction of sp³-hybridized carbons (Fsp3) is 0.154. The van der Waals surface area contributed by atoms with Crippen LogP contribution in [0.5, 0.6) is 5.75 Å². The Kier molecular flexibility index (Phi) is 4.98. The van der Waals surface area contributed by atoms with E-state index in [-0.39, 0.29) is 11.7 Å². The Morgan fingerprint density at radius 1 is 1.00 bits per heavy atom. The molecule has 5 aromatic rings. The van der Waals surface area contributed by atoms with Gasteiger partial charge in [0.05, 0.1) is 30.5 Å². The Morgan fingerprint density at radius 3 is 2.53 bits per heavy atom. The number of fused-ring (bicyclic) bond motifs is 1. The molecule has 5 rings (SSSR count). The van der Waals surface area contributed by atoms with E-state index in [1.54, 1.807) is 13.4 Å². The molecule has 3 aromatic heterocycles. The zero-order chi connectivity index (χ0) is 22.2. The summed E-state index contributed by atoms with van der Waals surface area (Å²) in [7, 11) is 1.67. The first-order valence-electron chi connectivity index (χ1n) is 10.5. The van der Waals surface area contributed by atoms with Gasteiger partial charge in [-0.15, -0.1) is 0 Å². The number of halogens is 1. The number of benzene rings is 2. The summed E-state index contributed by atoms with van der Waals surface area (Å²) < 4.78 is 23.1. The number of methoxy groups -OCH3 is 1. The van der Waals surface area contributed by atoms with Gasteiger partial charge in [0.25, 0.3) is 0 Å². The maximum Gasteiger partial charge on any atom is 0.144 e. The molecule has 0 bridgehead atoms. The number of aryl methyl sites for hydroxylation is 1. The van der Waals surface area contributed by atoms with Crippen LogP contribution in [0.4, 0.5) is 4.39 Å². The first-order chi connectivity index (χ1) is 15.5. The molecule has 0 N–H and O–H groups in total. The molecular weight excluding hydrogens is 403 g/mol. The summed E-state index contributed by atoms with van der Waals surface area (Å²) in [6.07, 6.45) is 7.60. The van der Waals surface area contributed by atoms with Gasteiger partial charge in [-0.25, -0.2) is 14.4 Å². The van der Waals surface area contributed by atoms with E-state index >= 15 is 0 Å². The molecule has 0 radical (unpaired) electrons. The van der Waals surface area contributed by atoms with Crippen LogP contribution in [0.3, 0.4) is 0 Å². The summed E-state index contributed by atoms with van der Waals surface area (Å²) in [4.78, 5) is 8.96. The Bertz CT molecular complexity index is 1400. The standard InChI is InChI=1S/C26H23FN4O/c1-17-15-30(16-29-17)24-9-8-21(14-25(24)32-3)31-13-11-23-22(10-12-28-26(23)31)18(2)19-4-6-20(27)7-5-19/h4-16,18H,1-3H3. The molecule has 0 saturated heterocycles. The molecule has 0 amide bonds. The van der Waals surface area contributed by atoms with Gasteiger partial charge in [0.2, 0.25) is 0 Å². The molecule has 1 atom stereocenters. The van der Waals surface area contributed by atoms with Crippen LogP contribution in [0.2, 0.25) is 0 Å². The van der Waals surface area contributed by atoms with Gasteiger partial charge in [0.1, 0.15) is 17.2 Å². The highest BCUT2D eigenvalue weighted by Crippen LogP contribution is 2.33. The van der Waals surface area contributed by atoms with Crippen molar-refractivity contribution in [3.8, 4) is 17.1 Å². The molecule has 0 fully saturated rings. The number of aromatic nitrogens is 4. The van der Waals surface area contributed by atoms with Crippen LogP contribution >= 0.6 is 0 Å². The molecule has 2 aromatic carbocycles. The second-order valence-corrected chi connectivity index (χ2v) is 7.87. The van der Waals surface area contributed by atoms with Crippen LogP contribution in [0.25, 0.3) is 22.4 Å². The van der Waals surface area contributed by atoms with Crippen molar-refractivity contribution < 1.29 is 9.13 Å². The topological polar surface area (TPSA) is 44.9 Å². The summed E-state index contributed by atoms with van der Waals surface area (Å²) in [5.74, 6) is 0.631. The summed E-state index contributed by atoms with van der Waals surface area (Å²) in [6, 6.07) is 16.9. The number of hydrogen-bond acceptors (Lipinski definition) is 3. The van der Waals surface area contributed by atoms with Crippen LogP contribution in [-0.4, -0.2) is 26.2 Å². The van der Waals surface area contributed by atoms with Crippen molar-refractivity contribution >= 4 is 11.0 Å². The van der Waals surface area contributed by atoms with E-state index in [9.17, 15) is 4.39 Å². The maximum atomic E-state index is 13.4. The van der Waals surface area contributed by atoms with Gasteiger partial charge in [0, 0.05) is 36.0 Å². The Morgan fingerprint density at radius 2 is 1.81 bits per heavy atom. The Balaban J connectivity index is 1.57. The fourth-order valence-electron chi connectivity index (χ4n) is 4.16. The van der Waals surface area contributed by atoms with Crippen LogP contribution in [-0.2, 0) is 0 Å². The largest absolute Gasteiger partial charge is 0.494 e. The fourth-order valence-corrected chi connectivity index (χ4v) is 4.16. The minimum atomic E-state index is -0.227. The Labute approximate surface area is 185 Å². The first-order valence-corrected chi connectivity index (χ1v) is 10.5. The number of pyridine rings is 1. The zero-order valence-corrected chi connectivity index (χ0v) is 18.2. The quantitative estimate of drug-likeness (QED) is 0.356. The van der Waals surface area contributed by atoms with E-state index in [1.165, 1.54) is 12.1 Å². The number of hydrogen-bond donors (Lipinski definition) is 0. The van der Waals surface area contributed by atoms with Crippen molar-refractivity contribution in [3.63, 3.8) is 0 Å². The number of rotatable bonds is 5. The highest BCUT2D eigenvalue weighted by Gasteiger charge is 2.16. The molecule has 160 valence electrons. The molecule has 32 heavy (non-hydrogen) atoms. The van der Waals surface area contributed by atoms with E-state index in [1.807, 2.05) is 66.5 Å². The first kappa shape index (κ1) is 20.0. The molecular formula is C26H23FN4O. The van der Waals surface area contributed by atoms with Crippen molar-refractivity contribution in [1.29, 1.82) is 0 Å². The lowest BCUT2D eigenvalue weighted by Crippen LogP contribution is -2.01. The molecule has 0 saturated carbocycles. The van der Waals surface area contributed by atoms with Crippen molar-refractivity contribution in [3.05, 3.63) is 102 Å². The predicted octanol–water partition coefficient (Wildman–Crippen LogP) is 5.82. The van der Waals surface area contributed by atoms with Gasteiger partial charge < -0.3 is 13.9 Å². The summed E-state index contributed by atoms with van der Waals surface area (Å²) in [6.45, 7) is 4.09. The molecule has 1 unspecified atom stereocenters. The van der Waals surface area contributed by atoms with E-state index in [0.717, 1.165) is 45.0 Å². The minimum absolute atomic E-state index is 0.110. The second-order valence-electron chi connectivity index (χ2n) is 7.87. The van der Waals surface area contributed by atoms with Crippen LogP contribution in [0, 0.1) is 12.7 Å². The van der Waals surface area contributed by atoms with Gasteiger partial charge in [-0.2, -0.15) is 0 Å². The normalized spacial score (nSPS) is 12.2. The SMILES string of the molecule is COc1cc(-n2ccc3c(C(C)c4ccc(F)cc4)ccnc32)ccc1-n1cnc(C)c1. The summed E-state index contributed by atoms with van der Waals surface area (Å²) in [5.41, 5.74) is 5.90. The van der Waals surface area contributed by atoms with E-state index in [2.05, 4.69) is 27.5 Å². The lowest BCUT2D eigenvalue weighted by molar-refractivity contribution is 0.412. The molecule has 5 nitrogen and oxygen atoms in total. The highest BCUT2D eigenvalue weighted by atomic mass is 19.1. The van der Waals surface area contributed by atoms with Gasteiger partial charge in [0.15, 0.2) is 0 Å². The predicted molar refractivity (Wildman–Crippen MR) is 123 cm³/mol. The molecule has 3 heterocycles. The molecule has 0 aliphatic rings. The Hall–Kier alpha value is -3.93. The van der Waals surface area contributed by atoms with E-state index < -0.39 is 0 Å². The van der Waals surface area contributed by atoms with E-state index in [0.29, 0.717) is 0 Å². The van der Waals surface area contributed by atoms with Crippen molar-refractivity contribution in [2.24, 2.45) is 0 Å². The minimum Gasteiger partial charge on any atom is -0.494 e. The van der Waals surface area contributed by atoms with Crippen LogP contribution in [0.15, 0.2) is 79.5 Å². The van der Waals surface area contributed by atoms with Crippen molar-refractivity contribution in [2.75, 3.05) is 7.11 Å². The number of ether oxygens (including phenoxy) is 1. The molecule has 0 spiro atoms. The molecule has 0 aliphatic heterocycles. The second kappa shape index (κ2) is 7.96. The van der Waals surface area contributed by atoms with Gasteiger partial charge in [-0.1, -0.05) is 19.1 Å². The zero-order valence-electron chi connectivity index (χ0n) is 18.2. The monoisotopic (exact) mass is 426 g/mol.